The number of ether oxygens (including phenoxy) is 1. The van der Waals surface area contributed by atoms with Crippen molar-refractivity contribution in [3.63, 3.8) is 0 Å². The number of hydrogen-bond acceptors (Lipinski definition) is 4. The van der Waals surface area contributed by atoms with Crippen LogP contribution in [0.3, 0.4) is 0 Å². The second-order valence-corrected chi connectivity index (χ2v) is 9.52. The summed E-state index contributed by atoms with van der Waals surface area (Å²) in [4.78, 5) is 16.1. The topological polar surface area (TPSA) is 91.5 Å². The van der Waals surface area contributed by atoms with Gasteiger partial charge >= 0.3 is 0 Å². The molecule has 0 bridgehead atoms. The second kappa shape index (κ2) is 8.49. The number of hydrogen-bond donors (Lipinski definition) is 2. The highest BCUT2D eigenvalue weighted by molar-refractivity contribution is 7.88. The Morgan fingerprint density at radius 3 is 2.57 bits per heavy atom. The maximum atomic E-state index is 12.8. The van der Waals surface area contributed by atoms with Gasteiger partial charge in [-0.25, -0.2) is 12.7 Å². The molecule has 1 aromatic heterocycles. The number of benzene rings is 2. The largest absolute Gasteiger partial charge is 0.489 e. The van der Waals surface area contributed by atoms with Gasteiger partial charge in [0.25, 0.3) is 5.91 Å². The molecular weight excluding hydrogens is 402 g/mol. The van der Waals surface area contributed by atoms with Crippen molar-refractivity contribution in [3.8, 4) is 5.75 Å². The van der Waals surface area contributed by atoms with Gasteiger partial charge in [-0.1, -0.05) is 30.3 Å². The number of H-pyrrole nitrogens is 1. The highest BCUT2D eigenvalue weighted by Gasteiger charge is 2.26. The lowest BCUT2D eigenvalue weighted by molar-refractivity contribution is 0.0935. The molecule has 0 saturated carbocycles. The van der Waals surface area contributed by atoms with Crippen LogP contribution in [0.5, 0.6) is 5.75 Å². The standard InChI is InChI=1S/C22H25N3O4S/c1-30(27,28)25-12-10-18(11-13-25)29-21-9-5-3-7-19(21)22(26)23-15-17-14-16-6-2-4-8-20(16)24-17/h2-9,14,18,24H,10-13,15H2,1H3,(H,23,26). The Balaban J connectivity index is 1.39. The molecule has 158 valence electrons. The fourth-order valence-corrected chi connectivity index (χ4v) is 4.59. The van der Waals surface area contributed by atoms with E-state index in [1.54, 1.807) is 18.2 Å². The fourth-order valence-electron chi connectivity index (χ4n) is 3.72. The lowest BCUT2D eigenvalue weighted by Gasteiger charge is -2.30. The molecule has 30 heavy (non-hydrogen) atoms. The van der Waals surface area contributed by atoms with Crippen LogP contribution < -0.4 is 10.1 Å². The Morgan fingerprint density at radius 2 is 1.83 bits per heavy atom. The first kappa shape index (κ1) is 20.4. The Bertz CT molecular complexity index is 1110. The van der Waals surface area contributed by atoms with E-state index >= 15 is 0 Å². The van der Waals surface area contributed by atoms with E-state index in [2.05, 4.69) is 10.3 Å². The summed E-state index contributed by atoms with van der Waals surface area (Å²) in [5.74, 6) is 0.308. The zero-order valence-corrected chi connectivity index (χ0v) is 17.6. The molecule has 0 atom stereocenters. The smallest absolute Gasteiger partial charge is 0.255 e. The van der Waals surface area contributed by atoms with Crippen molar-refractivity contribution in [1.82, 2.24) is 14.6 Å². The lowest BCUT2D eigenvalue weighted by atomic mass is 10.1. The summed E-state index contributed by atoms with van der Waals surface area (Å²) in [7, 11) is -3.18. The molecule has 3 aromatic rings. The van der Waals surface area contributed by atoms with Crippen LogP contribution in [0.2, 0.25) is 0 Å². The van der Waals surface area contributed by atoms with Crippen LogP contribution in [0, 0.1) is 0 Å². The van der Waals surface area contributed by atoms with Gasteiger partial charge < -0.3 is 15.0 Å². The van der Waals surface area contributed by atoms with Crippen molar-refractivity contribution in [2.24, 2.45) is 0 Å². The van der Waals surface area contributed by atoms with Gasteiger partial charge in [0.1, 0.15) is 11.9 Å². The van der Waals surface area contributed by atoms with Crippen LogP contribution in [0.25, 0.3) is 10.9 Å². The number of amides is 1. The first-order valence-electron chi connectivity index (χ1n) is 9.96. The second-order valence-electron chi connectivity index (χ2n) is 7.54. The van der Waals surface area contributed by atoms with E-state index in [4.69, 9.17) is 4.74 Å². The highest BCUT2D eigenvalue weighted by atomic mass is 32.2. The van der Waals surface area contributed by atoms with E-state index in [1.165, 1.54) is 10.6 Å². The molecule has 2 N–H and O–H groups in total. The predicted molar refractivity (Wildman–Crippen MR) is 116 cm³/mol. The molecule has 1 fully saturated rings. The minimum absolute atomic E-state index is 0.120. The molecule has 0 aliphatic carbocycles. The molecule has 1 saturated heterocycles. The van der Waals surface area contributed by atoms with Crippen molar-refractivity contribution in [3.05, 3.63) is 65.9 Å². The van der Waals surface area contributed by atoms with Crippen LogP contribution in [0.4, 0.5) is 0 Å². The highest BCUT2D eigenvalue weighted by Crippen LogP contribution is 2.24. The molecule has 1 aliphatic heterocycles. The van der Waals surface area contributed by atoms with E-state index in [0.717, 1.165) is 16.6 Å². The zero-order chi connectivity index (χ0) is 21.1. The summed E-state index contributed by atoms with van der Waals surface area (Å²) in [5.41, 5.74) is 2.43. The third-order valence-electron chi connectivity index (χ3n) is 5.32. The summed E-state index contributed by atoms with van der Waals surface area (Å²) in [6.07, 6.45) is 2.29. The molecule has 0 unspecified atom stereocenters. The predicted octanol–water partition coefficient (Wildman–Crippen LogP) is 2.90. The number of aromatic nitrogens is 1. The maximum absolute atomic E-state index is 12.8. The van der Waals surface area contributed by atoms with Gasteiger partial charge in [-0.05, 0) is 42.5 Å². The molecule has 2 aromatic carbocycles. The zero-order valence-electron chi connectivity index (χ0n) is 16.8. The van der Waals surface area contributed by atoms with Crippen LogP contribution >= 0.6 is 0 Å². The number of sulfonamides is 1. The Morgan fingerprint density at radius 1 is 1.13 bits per heavy atom. The van der Waals surface area contributed by atoms with Gasteiger partial charge in [-0.2, -0.15) is 0 Å². The third kappa shape index (κ3) is 4.66. The van der Waals surface area contributed by atoms with Crippen LogP contribution in [0.15, 0.2) is 54.6 Å². The van der Waals surface area contributed by atoms with Crippen molar-refractivity contribution >= 4 is 26.8 Å². The van der Waals surface area contributed by atoms with Gasteiger partial charge in [0.15, 0.2) is 0 Å². The van der Waals surface area contributed by atoms with Gasteiger partial charge in [0.2, 0.25) is 10.0 Å². The molecule has 4 rings (SSSR count). The number of rotatable bonds is 6. The monoisotopic (exact) mass is 427 g/mol. The molecule has 1 aliphatic rings. The SMILES string of the molecule is CS(=O)(=O)N1CCC(Oc2ccccc2C(=O)NCc2cc3ccccc3[nH]2)CC1. The Kier molecular flexibility index (Phi) is 5.78. The number of aromatic amines is 1. The average molecular weight is 428 g/mol. The molecule has 1 amide bonds. The molecular formula is C22H25N3O4S. The molecule has 7 nitrogen and oxygen atoms in total. The molecule has 8 heteroatoms. The van der Waals surface area contributed by atoms with E-state index in [0.29, 0.717) is 43.8 Å². The quantitative estimate of drug-likeness (QED) is 0.633. The summed E-state index contributed by atoms with van der Waals surface area (Å²) in [6.45, 7) is 1.24. The molecule has 0 spiro atoms. The Labute approximate surface area is 176 Å². The maximum Gasteiger partial charge on any atom is 0.255 e. The number of carbonyl (C=O) groups excluding carboxylic acids is 1. The fraction of sp³-hybridized carbons (Fsp3) is 0.318. The van der Waals surface area contributed by atoms with E-state index in [9.17, 15) is 13.2 Å². The van der Waals surface area contributed by atoms with Gasteiger partial charge in [-0.3, -0.25) is 4.79 Å². The Hall–Kier alpha value is -2.84. The van der Waals surface area contributed by atoms with E-state index in [1.807, 2.05) is 36.4 Å². The van der Waals surface area contributed by atoms with Crippen LogP contribution in [-0.4, -0.2) is 49.1 Å². The summed E-state index contributed by atoms with van der Waals surface area (Å²) in [6, 6.07) is 17.1. The van der Waals surface area contributed by atoms with Crippen LogP contribution in [-0.2, 0) is 16.6 Å². The van der Waals surface area contributed by atoms with Crippen molar-refractivity contribution < 1.29 is 17.9 Å². The van der Waals surface area contributed by atoms with Gasteiger partial charge in [-0.15, -0.1) is 0 Å². The number of carbonyl (C=O) groups is 1. The third-order valence-corrected chi connectivity index (χ3v) is 6.62. The normalized spacial score (nSPS) is 15.9. The number of fused-ring (bicyclic) bond motifs is 1. The number of piperidine rings is 1. The van der Waals surface area contributed by atoms with Crippen molar-refractivity contribution in [2.45, 2.75) is 25.5 Å². The summed E-state index contributed by atoms with van der Waals surface area (Å²) in [5, 5.41) is 4.05. The summed E-state index contributed by atoms with van der Waals surface area (Å²) < 4.78 is 30.9. The van der Waals surface area contributed by atoms with Crippen molar-refractivity contribution in [1.29, 1.82) is 0 Å². The van der Waals surface area contributed by atoms with E-state index in [-0.39, 0.29) is 12.0 Å². The first-order chi connectivity index (χ1) is 14.4. The van der Waals surface area contributed by atoms with Gasteiger partial charge in [0.05, 0.1) is 18.4 Å². The van der Waals surface area contributed by atoms with Gasteiger partial charge in [0, 0.05) is 24.3 Å². The lowest BCUT2D eigenvalue weighted by Crippen LogP contribution is -2.41. The summed E-state index contributed by atoms with van der Waals surface area (Å²) >= 11 is 0. The number of nitrogens with zero attached hydrogens (tertiary/aromatic N) is 1. The minimum atomic E-state index is -3.18. The first-order valence-corrected chi connectivity index (χ1v) is 11.8. The van der Waals surface area contributed by atoms with Crippen LogP contribution in [0.1, 0.15) is 28.9 Å². The van der Waals surface area contributed by atoms with E-state index < -0.39 is 10.0 Å². The molecule has 2 heterocycles. The molecule has 0 radical (unpaired) electrons. The average Bonchev–Trinajstić information content (AvgIpc) is 3.15. The van der Waals surface area contributed by atoms with Crippen molar-refractivity contribution in [2.75, 3.05) is 19.3 Å². The minimum Gasteiger partial charge on any atom is -0.489 e. The number of para-hydroxylation sites is 2. The number of nitrogens with one attached hydrogen (secondary N) is 2.